The summed E-state index contributed by atoms with van der Waals surface area (Å²) in [6, 6.07) is 7.26. The minimum Gasteiger partial charge on any atom is -0.317 e. The quantitative estimate of drug-likeness (QED) is 0.910. The van der Waals surface area contributed by atoms with Crippen LogP contribution in [0.1, 0.15) is 24.0 Å². The van der Waals surface area contributed by atoms with Crippen LogP contribution in [-0.2, 0) is 13.1 Å². The average molecular weight is 339 g/mol. The highest BCUT2D eigenvalue weighted by Gasteiger charge is 2.17. The number of halogens is 2. The van der Waals surface area contributed by atoms with E-state index in [-0.39, 0.29) is 18.2 Å². The van der Waals surface area contributed by atoms with E-state index in [1.165, 1.54) is 30.5 Å². The Balaban J connectivity index is 0.00000192. The lowest BCUT2D eigenvalue weighted by atomic mass is 10.1. The molecule has 0 unspecified atom stereocenters. The van der Waals surface area contributed by atoms with Gasteiger partial charge in [-0.3, -0.25) is 9.58 Å². The number of nitrogens with zero attached hydrogens (tertiary/aromatic N) is 3. The summed E-state index contributed by atoms with van der Waals surface area (Å²) in [5.74, 6) is -0.199. The van der Waals surface area contributed by atoms with Gasteiger partial charge in [0, 0.05) is 24.3 Å². The zero-order valence-corrected chi connectivity index (χ0v) is 14.2. The van der Waals surface area contributed by atoms with Gasteiger partial charge in [0.2, 0.25) is 0 Å². The van der Waals surface area contributed by atoms with Crippen LogP contribution in [0, 0.1) is 5.82 Å². The Morgan fingerprint density at radius 1 is 1.13 bits per heavy atom. The lowest BCUT2D eigenvalue weighted by Gasteiger charge is -2.31. The Kier molecular flexibility index (Phi) is 6.57. The number of aromatic nitrogens is 2. The Morgan fingerprint density at radius 2 is 1.83 bits per heavy atom. The third kappa shape index (κ3) is 5.03. The highest BCUT2D eigenvalue weighted by molar-refractivity contribution is 5.85. The molecule has 1 aromatic heterocycles. The lowest BCUT2D eigenvalue weighted by molar-refractivity contribution is 0.194. The molecule has 2 heterocycles. The smallest absolute Gasteiger partial charge is 0.123 e. The second-order valence-electron chi connectivity index (χ2n) is 6.01. The first kappa shape index (κ1) is 17.9. The van der Waals surface area contributed by atoms with Gasteiger partial charge < -0.3 is 5.32 Å². The van der Waals surface area contributed by atoms with Crippen LogP contribution in [0.15, 0.2) is 36.7 Å². The van der Waals surface area contributed by atoms with Gasteiger partial charge in [-0.05, 0) is 50.7 Å². The van der Waals surface area contributed by atoms with Crippen molar-refractivity contribution >= 4 is 12.4 Å². The minimum absolute atomic E-state index is 0. The Bertz CT molecular complexity index is 591. The molecule has 0 spiro atoms. The SMILES string of the molecule is CNC1CCN(Cc2cnn(Cc3ccc(F)cc3)c2)CC1.Cl. The maximum Gasteiger partial charge on any atom is 0.123 e. The van der Waals surface area contributed by atoms with E-state index in [1.807, 2.05) is 17.9 Å². The van der Waals surface area contributed by atoms with Crippen LogP contribution >= 0.6 is 12.4 Å². The van der Waals surface area contributed by atoms with Crippen molar-refractivity contribution in [2.24, 2.45) is 0 Å². The van der Waals surface area contributed by atoms with Gasteiger partial charge in [-0.1, -0.05) is 12.1 Å². The monoisotopic (exact) mass is 338 g/mol. The molecular formula is C17H24ClFN4. The van der Waals surface area contributed by atoms with E-state index in [0.29, 0.717) is 12.6 Å². The molecule has 4 nitrogen and oxygen atoms in total. The molecule has 6 heteroatoms. The minimum atomic E-state index is -0.199. The molecule has 0 atom stereocenters. The van der Waals surface area contributed by atoms with E-state index < -0.39 is 0 Å². The first-order valence-electron chi connectivity index (χ1n) is 7.88. The second kappa shape index (κ2) is 8.43. The molecule has 0 amide bonds. The van der Waals surface area contributed by atoms with Crippen LogP contribution in [0.3, 0.4) is 0 Å². The number of likely N-dealkylation sites (tertiary alicyclic amines) is 1. The summed E-state index contributed by atoms with van der Waals surface area (Å²) >= 11 is 0. The van der Waals surface area contributed by atoms with Crippen molar-refractivity contribution < 1.29 is 4.39 Å². The molecule has 1 aromatic carbocycles. The molecule has 1 fully saturated rings. The van der Waals surface area contributed by atoms with Crippen molar-refractivity contribution in [1.82, 2.24) is 20.0 Å². The number of benzene rings is 1. The van der Waals surface area contributed by atoms with Crippen LogP contribution in [0.2, 0.25) is 0 Å². The summed E-state index contributed by atoms with van der Waals surface area (Å²) in [7, 11) is 2.04. The van der Waals surface area contributed by atoms with Crippen molar-refractivity contribution in [2.45, 2.75) is 32.0 Å². The average Bonchev–Trinajstić information content (AvgIpc) is 2.97. The molecule has 0 saturated carbocycles. The van der Waals surface area contributed by atoms with Crippen molar-refractivity contribution in [1.29, 1.82) is 0 Å². The number of hydrogen-bond donors (Lipinski definition) is 1. The van der Waals surface area contributed by atoms with Crippen molar-refractivity contribution in [3.05, 3.63) is 53.6 Å². The zero-order valence-electron chi connectivity index (χ0n) is 13.4. The molecule has 1 N–H and O–H groups in total. The van der Waals surface area contributed by atoms with Crippen LogP contribution in [0.25, 0.3) is 0 Å². The van der Waals surface area contributed by atoms with Crippen LogP contribution in [-0.4, -0.2) is 40.9 Å². The summed E-state index contributed by atoms with van der Waals surface area (Å²) in [6.07, 6.45) is 6.45. The van der Waals surface area contributed by atoms with Crippen LogP contribution < -0.4 is 5.32 Å². The molecule has 1 saturated heterocycles. The van der Waals surface area contributed by atoms with E-state index in [0.717, 1.165) is 25.2 Å². The van der Waals surface area contributed by atoms with Gasteiger partial charge in [0.1, 0.15) is 5.82 Å². The molecule has 1 aliphatic rings. The van der Waals surface area contributed by atoms with E-state index in [1.54, 1.807) is 12.1 Å². The van der Waals surface area contributed by atoms with Gasteiger partial charge in [-0.15, -0.1) is 12.4 Å². The molecule has 0 radical (unpaired) electrons. The first-order chi connectivity index (χ1) is 10.7. The van der Waals surface area contributed by atoms with E-state index in [2.05, 4.69) is 21.5 Å². The lowest BCUT2D eigenvalue weighted by Crippen LogP contribution is -2.40. The fraction of sp³-hybridized carbons (Fsp3) is 0.471. The maximum absolute atomic E-state index is 12.9. The summed E-state index contributed by atoms with van der Waals surface area (Å²) in [4.78, 5) is 2.48. The predicted octanol–water partition coefficient (Wildman–Crippen LogP) is 2.68. The Hall–Kier alpha value is -1.43. The largest absolute Gasteiger partial charge is 0.317 e. The molecule has 0 bridgehead atoms. The van der Waals surface area contributed by atoms with Crippen LogP contribution in [0.4, 0.5) is 4.39 Å². The number of nitrogens with one attached hydrogen (secondary N) is 1. The van der Waals surface area contributed by atoms with Gasteiger partial charge in [-0.25, -0.2) is 4.39 Å². The molecule has 1 aliphatic heterocycles. The number of hydrogen-bond acceptors (Lipinski definition) is 3. The van der Waals surface area contributed by atoms with Crippen molar-refractivity contribution in [3.63, 3.8) is 0 Å². The maximum atomic E-state index is 12.9. The van der Waals surface area contributed by atoms with Gasteiger partial charge >= 0.3 is 0 Å². The van der Waals surface area contributed by atoms with Gasteiger partial charge in [0.25, 0.3) is 0 Å². The normalized spacial score (nSPS) is 16.3. The summed E-state index contributed by atoms with van der Waals surface area (Å²) < 4.78 is 14.8. The highest BCUT2D eigenvalue weighted by Crippen LogP contribution is 2.14. The fourth-order valence-electron chi connectivity index (χ4n) is 2.99. The molecular weight excluding hydrogens is 315 g/mol. The molecule has 2 aromatic rings. The number of rotatable bonds is 5. The summed E-state index contributed by atoms with van der Waals surface area (Å²) in [5.41, 5.74) is 2.30. The summed E-state index contributed by atoms with van der Waals surface area (Å²) in [5, 5.41) is 7.77. The second-order valence-corrected chi connectivity index (χ2v) is 6.01. The fourth-order valence-corrected chi connectivity index (χ4v) is 2.99. The third-order valence-corrected chi connectivity index (χ3v) is 4.35. The highest BCUT2D eigenvalue weighted by atomic mass is 35.5. The van der Waals surface area contributed by atoms with Gasteiger partial charge in [0.15, 0.2) is 0 Å². The topological polar surface area (TPSA) is 33.1 Å². The van der Waals surface area contributed by atoms with E-state index in [4.69, 9.17) is 0 Å². The van der Waals surface area contributed by atoms with E-state index in [9.17, 15) is 4.39 Å². The first-order valence-corrected chi connectivity index (χ1v) is 7.88. The van der Waals surface area contributed by atoms with Crippen molar-refractivity contribution in [3.8, 4) is 0 Å². The van der Waals surface area contributed by atoms with Crippen molar-refractivity contribution in [2.75, 3.05) is 20.1 Å². The Morgan fingerprint density at radius 3 is 2.48 bits per heavy atom. The standard InChI is InChI=1S/C17H23FN4.ClH/c1-19-17-6-8-21(9-7-17)11-15-10-20-22(13-15)12-14-2-4-16(18)5-3-14;/h2-5,10,13,17,19H,6-9,11-12H2,1H3;1H. The van der Waals surface area contributed by atoms with Gasteiger partial charge in [-0.2, -0.15) is 5.10 Å². The van der Waals surface area contributed by atoms with E-state index >= 15 is 0 Å². The molecule has 23 heavy (non-hydrogen) atoms. The molecule has 0 aliphatic carbocycles. The zero-order chi connectivity index (χ0) is 15.4. The Labute approximate surface area is 143 Å². The van der Waals surface area contributed by atoms with Gasteiger partial charge in [0.05, 0.1) is 12.7 Å². The van der Waals surface area contributed by atoms with Crippen LogP contribution in [0.5, 0.6) is 0 Å². The molecule has 126 valence electrons. The number of piperidine rings is 1. The summed E-state index contributed by atoms with van der Waals surface area (Å²) in [6.45, 7) is 3.91. The third-order valence-electron chi connectivity index (χ3n) is 4.35. The molecule has 3 rings (SSSR count). The predicted molar refractivity (Wildman–Crippen MR) is 92.3 cm³/mol.